The molecule has 19 heavy (non-hydrogen) atoms. The highest BCUT2D eigenvalue weighted by atomic mass is 32.1. The zero-order valence-electron chi connectivity index (χ0n) is 13.2. The number of hydrogen-bond acceptors (Lipinski definition) is 3. The molecule has 0 aromatic heterocycles. The molecule has 0 bridgehead atoms. The normalized spacial score (nSPS) is 13.3. The van der Waals surface area contributed by atoms with Crippen LogP contribution in [0.4, 0.5) is 0 Å². The molecule has 0 amide bonds. The van der Waals surface area contributed by atoms with E-state index in [1.165, 1.54) is 38.5 Å². The topological polar surface area (TPSA) is 29.5 Å². The number of unbranched alkanes of at least 4 members (excludes halogenated alkanes) is 6. The Labute approximate surface area is 124 Å². The van der Waals surface area contributed by atoms with Crippen LogP contribution in [0, 0.1) is 0 Å². The Morgan fingerprint density at radius 1 is 1.05 bits per heavy atom. The molecule has 3 heteroatoms. The molecule has 0 aliphatic carbocycles. The monoisotopic (exact) mass is 288 g/mol. The van der Waals surface area contributed by atoms with E-state index in [1.54, 1.807) is 0 Å². The van der Waals surface area contributed by atoms with Gasteiger partial charge in [-0.25, -0.2) is 0 Å². The minimum atomic E-state index is -0.342. The van der Waals surface area contributed by atoms with Crippen LogP contribution in [0.15, 0.2) is 0 Å². The van der Waals surface area contributed by atoms with E-state index in [0.29, 0.717) is 11.5 Å². The third kappa shape index (κ3) is 14.1. The highest BCUT2D eigenvalue weighted by Crippen LogP contribution is 2.14. The molecule has 0 radical (unpaired) electrons. The van der Waals surface area contributed by atoms with Gasteiger partial charge in [0, 0.05) is 6.42 Å². The van der Waals surface area contributed by atoms with Crippen molar-refractivity contribution < 1.29 is 9.84 Å². The first-order valence-electron chi connectivity index (χ1n) is 7.75. The molecule has 0 saturated carbocycles. The molecule has 0 aromatic carbocycles. The van der Waals surface area contributed by atoms with Gasteiger partial charge < -0.3 is 9.84 Å². The van der Waals surface area contributed by atoms with E-state index in [-0.39, 0.29) is 11.7 Å². The molecule has 0 unspecified atom stereocenters. The van der Waals surface area contributed by atoms with E-state index >= 15 is 0 Å². The van der Waals surface area contributed by atoms with Gasteiger partial charge in [-0.2, -0.15) is 0 Å². The van der Waals surface area contributed by atoms with Crippen LogP contribution in [-0.4, -0.2) is 21.9 Å². The van der Waals surface area contributed by atoms with Crippen LogP contribution in [0.5, 0.6) is 0 Å². The van der Waals surface area contributed by atoms with Crippen molar-refractivity contribution in [2.75, 3.05) is 0 Å². The maximum absolute atomic E-state index is 9.89. The van der Waals surface area contributed by atoms with Gasteiger partial charge in [0.2, 0.25) is 0 Å². The molecule has 0 aromatic rings. The zero-order valence-corrected chi connectivity index (χ0v) is 14.0. The highest BCUT2D eigenvalue weighted by Gasteiger charge is 2.16. The van der Waals surface area contributed by atoms with Crippen molar-refractivity contribution in [3.8, 4) is 0 Å². The van der Waals surface area contributed by atoms with E-state index in [1.807, 2.05) is 20.8 Å². The van der Waals surface area contributed by atoms with E-state index < -0.39 is 0 Å². The lowest BCUT2D eigenvalue weighted by atomic mass is 10.1. The summed E-state index contributed by atoms with van der Waals surface area (Å²) in [6.07, 6.45) is 9.90. The first-order chi connectivity index (χ1) is 8.85. The van der Waals surface area contributed by atoms with Crippen LogP contribution in [0.3, 0.4) is 0 Å². The summed E-state index contributed by atoms with van der Waals surface area (Å²) in [7, 11) is 0. The Morgan fingerprint density at radius 3 is 2.11 bits per heavy atom. The van der Waals surface area contributed by atoms with Crippen LogP contribution in [0.1, 0.15) is 85.5 Å². The van der Waals surface area contributed by atoms with Crippen molar-refractivity contribution in [1.29, 1.82) is 0 Å². The van der Waals surface area contributed by atoms with Crippen molar-refractivity contribution in [1.82, 2.24) is 0 Å². The lowest BCUT2D eigenvalue weighted by molar-refractivity contribution is 0.102. The van der Waals surface area contributed by atoms with Crippen molar-refractivity contribution in [3.63, 3.8) is 0 Å². The third-order valence-electron chi connectivity index (χ3n) is 2.96. The molecule has 0 aliphatic rings. The van der Waals surface area contributed by atoms with Crippen molar-refractivity contribution in [2.24, 2.45) is 0 Å². The highest BCUT2D eigenvalue weighted by molar-refractivity contribution is 7.80. The van der Waals surface area contributed by atoms with Crippen molar-refractivity contribution in [3.05, 3.63) is 0 Å². The zero-order chi connectivity index (χ0) is 14.7. The van der Waals surface area contributed by atoms with Crippen LogP contribution < -0.4 is 0 Å². The van der Waals surface area contributed by atoms with Gasteiger partial charge >= 0.3 is 0 Å². The lowest BCUT2D eigenvalue weighted by Gasteiger charge is -2.22. The fraction of sp³-hybridized carbons (Fsp3) is 0.938. The van der Waals surface area contributed by atoms with Gasteiger partial charge in [-0.3, -0.25) is 0 Å². The minimum absolute atomic E-state index is 0.254. The van der Waals surface area contributed by atoms with E-state index in [2.05, 4.69) is 6.92 Å². The molecule has 2 nitrogen and oxygen atoms in total. The van der Waals surface area contributed by atoms with Gasteiger partial charge in [0.25, 0.3) is 0 Å². The molecule has 0 fully saturated rings. The summed E-state index contributed by atoms with van der Waals surface area (Å²) in [6, 6.07) is 0. The Bertz CT molecular complexity index is 233. The molecule has 0 rings (SSSR count). The van der Waals surface area contributed by atoms with Crippen molar-refractivity contribution in [2.45, 2.75) is 97.2 Å². The molecular formula is C16H32O2S. The first-order valence-corrected chi connectivity index (χ1v) is 8.16. The smallest absolute Gasteiger partial charge is 0.163 e. The summed E-state index contributed by atoms with van der Waals surface area (Å²) >= 11 is 5.15. The van der Waals surface area contributed by atoms with E-state index in [0.717, 1.165) is 12.8 Å². The second-order valence-electron chi connectivity index (χ2n) is 6.35. The Kier molecular flexibility index (Phi) is 10.5. The number of aliphatic hydroxyl groups excluding tert-OH is 1. The second-order valence-corrected chi connectivity index (χ2v) is 6.81. The summed E-state index contributed by atoms with van der Waals surface area (Å²) in [5.41, 5.74) is -0.254. The number of aliphatic hydroxyl groups is 1. The molecule has 0 heterocycles. The van der Waals surface area contributed by atoms with Gasteiger partial charge in [0.1, 0.15) is 5.60 Å². The average Bonchev–Trinajstić information content (AvgIpc) is 2.25. The maximum atomic E-state index is 9.89. The molecule has 0 spiro atoms. The van der Waals surface area contributed by atoms with E-state index in [4.69, 9.17) is 17.0 Å². The Morgan fingerprint density at radius 2 is 1.58 bits per heavy atom. The Hall–Kier alpha value is -0.150. The molecule has 114 valence electrons. The standard InChI is InChI=1S/C16H32O2S/c1-5-6-7-8-9-10-11-12-14(17)13-15(19)18-16(2,3)4/h14,17H,5-13H2,1-4H3/t14-/m0/s1. The van der Waals surface area contributed by atoms with Crippen LogP contribution in [0.2, 0.25) is 0 Å². The maximum Gasteiger partial charge on any atom is 0.163 e. The summed E-state index contributed by atoms with van der Waals surface area (Å²) < 4.78 is 5.55. The average molecular weight is 288 g/mol. The number of ether oxygens (including phenoxy) is 1. The summed E-state index contributed by atoms with van der Waals surface area (Å²) in [4.78, 5) is 0. The predicted octanol–water partition coefficient (Wildman–Crippen LogP) is 5.02. The number of rotatable bonds is 10. The minimum Gasteiger partial charge on any atom is -0.482 e. The molecule has 1 atom stereocenters. The molecule has 0 aliphatic heterocycles. The molecule has 0 saturated heterocycles. The number of thiocarbonyl (C=S) groups is 1. The fourth-order valence-electron chi connectivity index (χ4n) is 2.01. The summed E-state index contributed by atoms with van der Waals surface area (Å²) in [5.74, 6) is 0. The fourth-order valence-corrected chi connectivity index (χ4v) is 2.46. The van der Waals surface area contributed by atoms with E-state index in [9.17, 15) is 5.11 Å². The lowest BCUT2D eigenvalue weighted by Crippen LogP contribution is -2.25. The largest absolute Gasteiger partial charge is 0.482 e. The third-order valence-corrected chi connectivity index (χ3v) is 3.21. The molecular weight excluding hydrogens is 256 g/mol. The SMILES string of the molecule is CCCCCCCCC[C@H](O)CC(=S)OC(C)(C)C. The van der Waals surface area contributed by atoms with Gasteiger partial charge in [-0.05, 0) is 39.4 Å². The van der Waals surface area contributed by atoms with Crippen LogP contribution in [0.25, 0.3) is 0 Å². The van der Waals surface area contributed by atoms with Crippen LogP contribution in [-0.2, 0) is 4.74 Å². The quantitative estimate of drug-likeness (QED) is 0.452. The summed E-state index contributed by atoms with van der Waals surface area (Å²) in [5, 5.41) is 10.4. The summed E-state index contributed by atoms with van der Waals surface area (Å²) in [6.45, 7) is 8.16. The molecule has 1 N–H and O–H groups in total. The Balaban J connectivity index is 3.49. The van der Waals surface area contributed by atoms with Crippen LogP contribution >= 0.6 is 12.2 Å². The first kappa shape index (κ1) is 18.9. The van der Waals surface area contributed by atoms with Gasteiger partial charge in [0.15, 0.2) is 5.05 Å². The van der Waals surface area contributed by atoms with Gasteiger partial charge in [-0.1, -0.05) is 51.9 Å². The van der Waals surface area contributed by atoms with Gasteiger partial charge in [0.05, 0.1) is 6.10 Å². The number of hydrogen-bond donors (Lipinski definition) is 1. The predicted molar refractivity (Wildman–Crippen MR) is 86.7 cm³/mol. The van der Waals surface area contributed by atoms with Crippen molar-refractivity contribution >= 4 is 17.3 Å². The van der Waals surface area contributed by atoms with Gasteiger partial charge in [-0.15, -0.1) is 0 Å². The second kappa shape index (κ2) is 10.6.